The highest BCUT2D eigenvalue weighted by Crippen LogP contribution is 2.25. The zero-order valence-corrected chi connectivity index (χ0v) is 16.8. The summed E-state index contributed by atoms with van der Waals surface area (Å²) in [5, 5.41) is 12.1. The first-order valence-electron chi connectivity index (χ1n) is 8.29. The molecule has 2 aromatic heterocycles. The molecule has 0 atom stereocenters. The Hall–Kier alpha value is -2.85. The highest BCUT2D eigenvalue weighted by Gasteiger charge is 2.13. The molecule has 1 N–H and O–H groups in total. The van der Waals surface area contributed by atoms with Gasteiger partial charge < -0.3 is 4.74 Å². The number of nitrogens with one attached hydrogen (secondary N) is 1. The Kier molecular flexibility index (Phi) is 6.66. The fourth-order valence-corrected chi connectivity index (χ4v) is 3.71. The lowest BCUT2D eigenvalue weighted by molar-refractivity contribution is -0.144. The van der Waals surface area contributed by atoms with Gasteiger partial charge in [0, 0.05) is 17.0 Å². The number of anilines is 1. The van der Waals surface area contributed by atoms with Crippen molar-refractivity contribution in [3.05, 3.63) is 47.8 Å². The maximum atomic E-state index is 11.9. The van der Waals surface area contributed by atoms with Crippen LogP contribution in [0.15, 0.2) is 41.6 Å². The van der Waals surface area contributed by atoms with Gasteiger partial charge in [0.2, 0.25) is 5.13 Å². The van der Waals surface area contributed by atoms with Crippen molar-refractivity contribution in [2.45, 2.75) is 19.0 Å². The van der Waals surface area contributed by atoms with Crippen molar-refractivity contribution in [3.8, 4) is 10.6 Å². The number of nitrogens with zero attached hydrogens (tertiary/aromatic N) is 4. The summed E-state index contributed by atoms with van der Waals surface area (Å²) in [6.45, 7) is 3.32. The lowest BCUT2D eigenvalue weighted by atomic mass is 10.2. The summed E-state index contributed by atoms with van der Waals surface area (Å²) < 4.78 is 4.98. The van der Waals surface area contributed by atoms with Gasteiger partial charge in [-0.15, -0.1) is 10.2 Å². The van der Waals surface area contributed by atoms with Gasteiger partial charge in [-0.1, -0.05) is 53.4 Å². The molecular formula is C18H17N5O3S2. The Bertz CT molecular complexity index is 958. The highest BCUT2D eigenvalue weighted by molar-refractivity contribution is 7.99. The molecule has 3 aromatic rings. The molecule has 8 nitrogen and oxygen atoms in total. The van der Waals surface area contributed by atoms with Crippen LogP contribution in [0.5, 0.6) is 0 Å². The van der Waals surface area contributed by atoms with Crippen molar-refractivity contribution in [1.29, 1.82) is 0 Å². The van der Waals surface area contributed by atoms with Crippen LogP contribution in [0.4, 0.5) is 5.13 Å². The SMILES string of the molecule is Cc1cc(C)nc(SCC(=O)OCC(=O)Nc2nnc(-c3ccccc3)s2)n1. The molecule has 0 aliphatic heterocycles. The summed E-state index contributed by atoms with van der Waals surface area (Å²) in [5.41, 5.74) is 2.57. The van der Waals surface area contributed by atoms with Crippen LogP contribution < -0.4 is 5.32 Å². The monoisotopic (exact) mass is 415 g/mol. The Balaban J connectivity index is 1.44. The first-order valence-corrected chi connectivity index (χ1v) is 10.1. The van der Waals surface area contributed by atoms with Crippen molar-refractivity contribution < 1.29 is 14.3 Å². The minimum atomic E-state index is -0.523. The van der Waals surface area contributed by atoms with Gasteiger partial charge in [-0.25, -0.2) is 9.97 Å². The standard InChI is InChI=1S/C18H17N5O3S2/c1-11-8-12(2)20-17(19-11)27-10-15(25)26-9-14(24)21-18-23-22-16(28-18)13-6-4-3-5-7-13/h3-8H,9-10H2,1-2H3,(H,21,23,24). The van der Waals surface area contributed by atoms with Crippen LogP contribution in [0, 0.1) is 13.8 Å². The number of carbonyl (C=O) groups is 2. The molecule has 0 spiro atoms. The summed E-state index contributed by atoms with van der Waals surface area (Å²) in [5.74, 6) is -0.977. The van der Waals surface area contributed by atoms with Gasteiger partial charge in [0.05, 0.1) is 5.75 Å². The molecule has 28 heavy (non-hydrogen) atoms. The van der Waals surface area contributed by atoms with Crippen molar-refractivity contribution in [1.82, 2.24) is 20.2 Å². The van der Waals surface area contributed by atoms with Crippen LogP contribution in [0.25, 0.3) is 10.6 Å². The second-order valence-corrected chi connectivity index (χ2v) is 7.63. The third-order valence-corrected chi connectivity index (χ3v) is 5.05. The molecular weight excluding hydrogens is 398 g/mol. The first-order chi connectivity index (χ1) is 13.5. The van der Waals surface area contributed by atoms with Crippen molar-refractivity contribution in [3.63, 3.8) is 0 Å². The number of rotatable bonds is 7. The molecule has 144 valence electrons. The van der Waals surface area contributed by atoms with Crippen LogP contribution >= 0.6 is 23.1 Å². The van der Waals surface area contributed by atoms with E-state index in [1.165, 1.54) is 11.3 Å². The highest BCUT2D eigenvalue weighted by atomic mass is 32.2. The number of hydrogen-bond donors (Lipinski definition) is 1. The number of esters is 1. The minimum Gasteiger partial charge on any atom is -0.455 e. The fourth-order valence-electron chi connectivity index (χ4n) is 2.20. The summed E-state index contributed by atoms with van der Waals surface area (Å²) >= 11 is 2.41. The average Bonchev–Trinajstić information content (AvgIpc) is 3.13. The van der Waals surface area contributed by atoms with Crippen LogP contribution in [0.1, 0.15) is 11.4 Å². The Morgan fingerprint density at radius 3 is 2.54 bits per heavy atom. The van der Waals surface area contributed by atoms with E-state index in [1.54, 1.807) is 0 Å². The molecule has 0 unspecified atom stereocenters. The van der Waals surface area contributed by atoms with E-state index in [2.05, 4.69) is 25.5 Å². The predicted molar refractivity (Wildman–Crippen MR) is 107 cm³/mol. The van der Waals surface area contributed by atoms with E-state index in [1.807, 2.05) is 50.2 Å². The van der Waals surface area contributed by atoms with Gasteiger partial charge in [-0.05, 0) is 19.9 Å². The van der Waals surface area contributed by atoms with Crippen LogP contribution in [-0.2, 0) is 14.3 Å². The maximum Gasteiger partial charge on any atom is 0.316 e. The van der Waals surface area contributed by atoms with Gasteiger partial charge in [-0.3, -0.25) is 14.9 Å². The Labute approximate surface area is 169 Å². The largest absolute Gasteiger partial charge is 0.455 e. The quantitative estimate of drug-likeness (QED) is 0.357. The lowest BCUT2D eigenvalue weighted by Gasteiger charge is -2.05. The smallest absolute Gasteiger partial charge is 0.316 e. The van der Waals surface area contributed by atoms with Crippen molar-refractivity contribution in [2.24, 2.45) is 0 Å². The van der Waals surface area contributed by atoms with Crippen LogP contribution in [0.3, 0.4) is 0 Å². The average molecular weight is 416 g/mol. The number of thioether (sulfide) groups is 1. The number of aromatic nitrogens is 4. The number of hydrogen-bond acceptors (Lipinski definition) is 9. The number of ether oxygens (including phenoxy) is 1. The lowest BCUT2D eigenvalue weighted by Crippen LogP contribution is -2.21. The number of aryl methyl sites for hydroxylation is 2. The second-order valence-electron chi connectivity index (χ2n) is 5.71. The molecule has 0 saturated carbocycles. The van der Waals surface area contributed by atoms with Crippen molar-refractivity contribution >= 4 is 40.1 Å². The molecule has 1 aromatic carbocycles. The summed E-state index contributed by atoms with van der Waals surface area (Å²) in [6, 6.07) is 11.4. The van der Waals surface area contributed by atoms with E-state index in [4.69, 9.17) is 4.74 Å². The molecule has 10 heteroatoms. The molecule has 0 saturated heterocycles. The van der Waals surface area contributed by atoms with Gasteiger partial charge in [-0.2, -0.15) is 0 Å². The molecule has 0 radical (unpaired) electrons. The molecule has 0 bridgehead atoms. The summed E-state index contributed by atoms with van der Waals surface area (Å²) in [7, 11) is 0. The van der Waals surface area contributed by atoms with Crippen LogP contribution in [-0.4, -0.2) is 44.4 Å². The molecule has 0 aliphatic rings. The third kappa shape index (κ3) is 5.83. The van der Waals surface area contributed by atoms with Gasteiger partial charge >= 0.3 is 5.97 Å². The van der Waals surface area contributed by atoms with E-state index < -0.39 is 18.5 Å². The van der Waals surface area contributed by atoms with E-state index >= 15 is 0 Å². The topological polar surface area (TPSA) is 107 Å². The van der Waals surface area contributed by atoms with Gasteiger partial charge in [0.25, 0.3) is 5.91 Å². The van der Waals surface area contributed by atoms with Crippen molar-refractivity contribution in [2.75, 3.05) is 17.7 Å². The second kappa shape index (κ2) is 9.38. The normalized spacial score (nSPS) is 10.5. The van der Waals surface area contributed by atoms with E-state index in [-0.39, 0.29) is 5.75 Å². The maximum absolute atomic E-state index is 11.9. The van der Waals surface area contributed by atoms with Crippen LogP contribution in [0.2, 0.25) is 0 Å². The zero-order chi connectivity index (χ0) is 19.9. The van der Waals surface area contributed by atoms with E-state index in [0.717, 1.165) is 28.7 Å². The summed E-state index contributed by atoms with van der Waals surface area (Å²) in [4.78, 5) is 32.2. The fraction of sp³-hybridized carbons (Fsp3) is 0.222. The predicted octanol–water partition coefficient (Wildman–Crippen LogP) is 2.89. The number of benzene rings is 1. The molecule has 0 aliphatic carbocycles. The zero-order valence-electron chi connectivity index (χ0n) is 15.2. The molecule has 1 amide bonds. The molecule has 0 fully saturated rings. The van der Waals surface area contributed by atoms with Gasteiger partial charge in [0.15, 0.2) is 11.8 Å². The first kappa shape index (κ1) is 19.9. The number of carbonyl (C=O) groups excluding carboxylic acids is 2. The summed E-state index contributed by atoms with van der Waals surface area (Å²) in [6.07, 6.45) is 0. The molecule has 3 rings (SSSR count). The van der Waals surface area contributed by atoms with E-state index in [0.29, 0.717) is 15.3 Å². The Morgan fingerprint density at radius 1 is 1.11 bits per heavy atom. The van der Waals surface area contributed by atoms with Gasteiger partial charge in [0.1, 0.15) is 5.01 Å². The molecule has 2 heterocycles. The number of amides is 1. The van der Waals surface area contributed by atoms with E-state index in [9.17, 15) is 9.59 Å². The Morgan fingerprint density at radius 2 is 1.82 bits per heavy atom. The third-order valence-electron chi connectivity index (χ3n) is 3.34. The minimum absolute atomic E-state index is 0.0210.